The van der Waals surface area contributed by atoms with E-state index in [9.17, 15) is 13.2 Å². The number of halogens is 4. The van der Waals surface area contributed by atoms with E-state index in [4.69, 9.17) is 26.1 Å². The fourth-order valence-electron chi connectivity index (χ4n) is 5.22. The number of aromatic nitrogens is 6. The SMILES string of the molecule is COc1ncnc(C2CC2)c1-c1ncc(Cl)c(N2CCOCC2c2ccc(-c3nc(C(F)(F)F)cn3C(C)C)cc2)n1. The highest BCUT2D eigenvalue weighted by Crippen LogP contribution is 2.45. The maximum atomic E-state index is 13.4. The summed E-state index contributed by atoms with van der Waals surface area (Å²) >= 11 is 6.68. The van der Waals surface area contributed by atoms with E-state index in [-0.39, 0.29) is 17.9 Å². The molecule has 1 saturated carbocycles. The first-order valence-corrected chi connectivity index (χ1v) is 14.1. The summed E-state index contributed by atoms with van der Waals surface area (Å²) in [5.41, 5.74) is 2.08. The second-order valence-electron chi connectivity index (χ2n) is 10.6. The van der Waals surface area contributed by atoms with E-state index >= 15 is 0 Å². The number of hydrogen-bond donors (Lipinski definition) is 0. The average Bonchev–Trinajstić information content (AvgIpc) is 3.73. The van der Waals surface area contributed by atoms with Crippen LogP contribution >= 0.6 is 11.6 Å². The molecule has 1 atom stereocenters. The molecule has 0 spiro atoms. The van der Waals surface area contributed by atoms with Crippen molar-refractivity contribution < 1.29 is 22.6 Å². The lowest BCUT2D eigenvalue weighted by molar-refractivity contribution is -0.140. The third-order valence-electron chi connectivity index (χ3n) is 7.48. The van der Waals surface area contributed by atoms with Gasteiger partial charge in [0.2, 0.25) is 5.88 Å². The summed E-state index contributed by atoms with van der Waals surface area (Å²) in [6.45, 7) is 5.01. The van der Waals surface area contributed by atoms with Crippen molar-refractivity contribution in [1.82, 2.24) is 29.5 Å². The van der Waals surface area contributed by atoms with Crippen molar-refractivity contribution in [2.24, 2.45) is 0 Å². The van der Waals surface area contributed by atoms with Gasteiger partial charge in [-0.25, -0.2) is 24.9 Å². The summed E-state index contributed by atoms with van der Waals surface area (Å²) in [4.78, 5) is 24.2. The molecule has 0 bridgehead atoms. The molecular formula is C29H29ClF3N7O2. The topological polar surface area (TPSA) is 91.1 Å². The molecule has 4 aromatic rings. The van der Waals surface area contributed by atoms with Crippen molar-refractivity contribution in [3.8, 4) is 28.7 Å². The highest BCUT2D eigenvalue weighted by molar-refractivity contribution is 6.32. The van der Waals surface area contributed by atoms with Crippen LogP contribution in [0.3, 0.4) is 0 Å². The molecular weight excluding hydrogens is 571 g/mol. The first kappa shape index (κ1) is 28.4. The molecule has 2 aliphatic rings. The fourth-order valence-corrected chi connectivity index (χ4v) is 5.42. The van der Waals surface area contributed by atoms with Crippen molar-refractivity contribution in [1.29, 1.82) is 0 Å². The Bertz CT molecular complexity index is 1590. The summed E-state index contributed by atoms with van der Waals surface area (Å²) in [6, 6.07) is 6.87. The van der Waals surface area contributed by atoms with Gasteiger partial charge in [0.1, 0.15) is 22.7 Å². The molecule has 1 unspecified atom stereocenters. The Kier molecular flexibility index (Phi) is 7.52. The van der Waals surface area contributed by atoms with Crippen LogP contribution in [-0.4, -0.2) is 56.4 Å². The van der Waals surface area contributed by atoms with Gasteiger partial charge in [0.25, 0.3) is 0 Å². The lowest BCUT2D eigenvalue weighted by atomic mass is 10.0. The standard InChI is InChI=1S/C29H29ClF3N7O2/c1-16(2)40-13-22(29(31,32)33)37-26(40)19-8-4-17(5-9-19)21-14-42-11-10-39(21)27-20(30)12-34-25(38-27)23-24(18-6-7-18)35-15-36-28(23)41-3/h4-5,8-9,12-13,15-16,18,21H,6-7,10-11,14H2,1-3H3. The minimum atomic E-state index is -4.53. The van der Waals surface area contributed by atoms with Crippen LogP contribution in [0.2, 0.25) is 5.02 Å². The maximum Gasteiger partial charge on any atom is 0.434 e. The van der Waals surface area contributed by atoms with Crippen LogP contribution in [0.1, 0.15) is 61.6 Å². The van der Waals surface area contributed by atoms with E-state index in [1.807, 2.05) is 26.0 Å². The lowest BCUT2D eigenvalue weighted by Crippen LogP contribution is -2.40. The van der Waals surface area contributed by atoms with Crippen molar-refractivity contribution in [2.45, 2.75) is 50.9 Å². The van der Waals surface area contributed by atoms with Crippen LogP contribution in [0.25, 0.3) is 22.8 Å². The van der Waals surface area contributed by atoms with Gasteiger partial charge in [0.15, 0.2) is 17.3 Å². The summed E-state index contributed by atoms with van der Waals surface area (Å²) < 4.78 is 53.2. The number of methoxy groups -OCH3 is 1. The summed E-state index contributed by atoms with van der Waals surface area (Å²) in [5.74, 6) is 1.94. The van der Waals surface area contributed by atoms with Gasteiger partial charge in [0.05, 0.1) is 38.3 Å². The summed E-state index contributed by atoms with van der Waals surface area (Å²) in [5, 5.41) is 0.379. The zero-order valence-electron chi connectivity index (χ0n) is 23.3. The Morgan fingerprint density at radius 3 is 2.50 bits per heavy atom. The van der Waals surface area contributed by atoms with Gasteiger partial charge in [-0.2, -0.15) is 13.2 Å². The number of alkyl halides is 3. The molecule has 220 valence electrons. The molecule has 42 heavy (non-hydrogen) atoms. The molecule has 4 heterocycles. The highest BCUT2D eigenvalue weighted by Gasteiger charge is 2.36. The van der Waals surface area contributed by atoms with Crippen molar-refractivity contribution >= 4 is 17.4 Å². The lowest BCUT2D eigenvalue weighted by Gasteiger charge is -2.37. The monoisotopic (exact) mass is 599 g/mol. The van der Waals surface area contributed by atoms with Crippen molar-refractivity contribution in [3.05, 3.63) is 65.0 Å². The molecule has 1 aliphatic heterocycles. The van der Waals surface area contributed by atoms with E-state index in [1.165, 1.54) is 10.9 Å². The summed E-state index contributed by atoms with van der Waals surface area (Å²) in [6.07, 6.45) is 1.66. The van der Waals surface area contributed by atoms with Gasteiger partial charge in [-0.05, 0) is 32.3 Å². The van der Waals surface area contributed by atoms with Gasteiger partial charge >= 0.3 is 6.18 Å². The number of imidazole rings is 1. The summed E-state index contributed by atoms with van der Waals surface area (Å²) in [7, 11) is 1.55. The molecule has 3 aromatic heterocycles. The Hall–Kier alpha value is -3.77. The zero-order valence-corrected chi connectivity index (χ0v) is 24.0. The van der Waals surface area contributed by atoms with E-state index in [0.29, 0.717) is 59.3 Å². The predicted octanol–water partition coefficient (Wildman–Crippen LogP) is 6.51. The molecule has 13 heteroatoms. The van der Waals surface area contributed by atoms with E-state index < -0.39 is 11.9 Å². The minimum absolute atomic E-state index is 0.200. The fraction of sp³-hybridized carbons (Fsp3) is 0.414. The Balaban J connectivity index is 1.35. The molecule has 1 aromatic carbocycles. The molecule has 9 nitrogen and oxygen atoms in total. The van der Waals surface area contributed by atoms with Crippen LogP contribution in [-0.2, 0) is 10.9 Å². The van der Waals surface area contributed by atoms with Crippen molar-refractivity contribution in [3.63, 3.8) is 0 Å². The molecule has 0 amide bonds. The number of ether oxygens (including phenoxy) is 2. The Labute approximate surface area is 245 Å². The number of hydrogen-bond acceptors (Lipinski definition) is 8. The van der Waals surface area contributed by atoms with Crippen molar-refractivity contribution in [2.75, 3.05) is 31.8 Å². The van der Waals surface area contributed by atoms with Crippen LogP contribution in [0.15, 0.2) is 43.0 Å². The first-order valence-electron chi connectivity index (χ1n) is 13.7. The predicted molar refractivity (Wildman–Crippen MR) is 151 cm³/mol. The normalized spacial score (nSPS) is 17.6. The van der Waals surface area contributed by atoms with Gasteiger partial charge in [-0.3, -0.25) is 0 Å². The van der Waals surface area contributed by atoms with E-state index in [1.54, 1.807) is 25.4 Å². The molecule has 0 radical (unpaired) electrons. The molecule has 0 N–H and O–H groups in total. The number of anilines is 1. The quantitative estimate of drug-likeness (QED) is 0.237. The first-order chi connectivity index (χ1) is 20.2. The third kappa shape index (κ3) is 5.40. The number of benzene rings is 1. The molecule has 6 rings (SSSR count). The Morgan fingerprint density at radius 2 is 1.83 bits per heavy atom. The van der Waals surface area contributed by atoms with E-state index in [2.05, 4.69) is 24.8 Å². The molecule has 2 fully saturated rings. The molecule has 1 saturated heterocycles. The number of nitrogens with zero attached hydrogens (tertiary/aromatic N) is 7. The van der Waals surface area contributed by atoms with Crippen LogP contribution < -0.4 is 9.64 Å². The molecule has 1 aliphatic carbocycles. The van der Waals surface area contributed by atoms with Gasteiger partial charge in [-0.1, -0.05) is 35.9 Å². The third-order valence-corrected chi connectivity index (χ3v) is 7.75. The minimum Gasteiger partial charge on any atom is -0.480 e. The largest absolute Gasteiger partial charge is 0.480 e. The van der Waals surface area contributed by atoms with Crippen LogP contribution in [0.4, 0.5) is 19.0 Å². The number of rotatable bonds is 7. The number of morpholine rings is 1. The van der Waals surface area contributed by atoms with Gasteiger partial charge < -0.3 is 18.9 Å². The van der Waals surface area contributed by atoms with Gasteiger partial charge in [-0.15, -0.1) is 0 Å². The Morgan fingerprint density at radius 1 is 1.07 bits per heavy atom. The van der Waals surface area contributed by atoms with E-state index in [0.717, 1.165) is 30.3 Å². The van der Waals surface area contributed by atoms with Gasteiger partial charge in [0, 0.05) is 30.3 Å². The van der Waals surface area contributed by atoms with Crippen LogP contribution in [0, 0.1) is 0 Å². The zero-order chi connectivity index (χ0) is 29.6. The highest BCUT2D eigenvalue weighted by atomic mass is 35.5. The second-order valence-corrected chi connectivity index (χ2v) is 11.0. The smallest absolute Gasteiger partial charge is 0.434 e. The van der Waals surface area contributed by atoms with Crippen LogP contribution in [0.5, 0.6) is 5.88 Å². The maximum absolute atomic E-state index is 13.4. The average molecular weight is 600 g/mol. The second kappa shape index (κ2) is 11.1.